The fourth-order valence-electron chi connectivity index (χ4n) is 6.47. The van der Waals surface area contributed by atoms with E-state index in [-0.39, 0.29) is 17.5 Å². The van der Waals surface area contributed by atoms with Crippen LogP contribution in [0.5, 0.6) is 0 Å². The summed E-state index contributed by atoms with van der Waals surface area (Å²) in [6.45, 7) is 6.67. The van der Waals surface area contributed by atoms with Gasteiger partial charge in [0.15, 0.2) is 11.2 Å². The first kappa shape index (κ1) is 24.1. The maximum atomic E-state index is 7.83. The highest BCUT2D eigenvalue weighted by atomic mass is 16.3. The summed E-state index contributed by atoms with van der Waals surface area (Å²) in [4.78, 5) is 14.5. The van der Waals surface area contributed by atoms with Crippen LogP contribution in [0, 0.1) is 6.85 Å². The Morgan fingerprint density at radius 1 is 0.711 bits per heavy atom. The van der Waals surface area contributed by atoms with Crippen LogP contribution in [0.4, 0.5) is 0 Å². The van der Waals surface area contributed by atoms with E-state index in [1.54, 1.807) is 6.07 Å². The van der Waals surface area contributed by atoms with Crippen LogP contribution in [-0.2, 0) is 0 Å². The highest BCUT2D eigenvalue weighted by molar-refractivity contribution is 6.09. The van der Waals surface area contributed by atoms with Crippen molar-refractivity contribution in [3.05, 3.63) is 120 Å². The normalized spacial score (nSPS) is 13.3. The van der Waals surface area contributed by atoms with E-state index in [2.05, 4.69) is 104 Å². The van der Waals surface area contributed by atoms with Gasteiger partial charge in [0, 0.05) is 20.6 Å². The van der Waals surface area contributed by atoms with Crippen LogP contribution in [-0.4, -0.2) is 19.5 Å². The van der Waals surface area contributed by atoms with Gasteiger partial charge < -0.3 is 4.42 Å². The molecular formula is C40H34N4O. The zero-order valence-electron chi connectivity index (χ0n) is 28.7. The number of para-hydroxylation sites is 3. The number of pyridine rings is 2. The Kier molecular flexibility index (Phi) is 5.57. The van der Waals surface area contributed by atoms with E-state index in [0.29, 0.717) is 27.7 Å². The van der Waals surface area contributed by atoms with Crippen molar-refractivity contribution in [2.24, 2.45) is 0 Å². The van der Waals surface area contributed by atoms with Crippen LogP contribution in [0.25, 0.3) is 72.3 Å². The second-order valence-corrected chi connectivity index (χ2v) is 12.3. The third-order valence-electron chi connectivity index (χ3n) is 8.67. The minimum atomic E-state index is -2.32. The average molecular weight is 590 g/mol. The molecule has 45 heavy (non-hydrogen) atoms. The lowest BCUT2D eigenvalue weighted by molar-refractivity contribution is 0.669. The van der Waals surface area contributed by atoms with Crippen molar-refractivity contribution in [3.63, 3.8) is 0 Å². The van der Waals surface area contributed by atoms with Crippen LogP contribution >= 0.6 is 0 Å². The minimum absolute atomic E-state index is 0.0178. The number of benzene rings is 4. The van der Waals surface area contributed by atoms with Gasteiger partial charge >= 0.3 is 0 Å². The number of hydrogen-bond acceptors (Lipinski definition) is 4. The summed E-state index contributed by atoms with van der Waals surface area (Å²) in [5.74, 6) is 1.26. The van der Waals surface area contributed by atoms with Gasteiger partial charge in [-0.05, 0) is 95.5 Å². The molecule has 0 fully saturated rings. The summed E-state index contributed by atoms with van der Waals surface area (Å²) in [6, 6.07) is 34.7. The van der Waals surface area contributed by atoms with Crippen molar-refractivity contribution in [3.8, 4) is 28.2 Å². The summed E-state index contributed by atoms with van der Waals surface area (Å²) in [7, 11) is 0. The fraction of sp³-hybridized carbons (Fsp3) is 0.175. The van der Waals surface area contributed by atoms with Gasteiger partial charge in [0.25, 0.3) is 0 Å². The smallest absolute Gasteiger partial charge is 0.160 e. The van der Waals surface area contributed by atoms with Crippen LogP contribution in [0.3, 0.4) is 0 Å². The summed E-state index contributed by atoms with van der Waals surface area (Å²) in [6.07, 6.45) is 0. The predicted molar refractivity (Wildman–Crippen MR) is 185 cm³/mol. The van der Waals surface area contributed by atoms with Gasteiger partial charge in [0.05, 0.1) is 22.3 Å². The monoisotopic (exact) mass is 589 g/mol. The molecule has 0 aliphatic heterocycles. The number of fused-ring (bicyclic) bond motifs is 5. The lowest BCUT2D eigenvalue weighted by Crippen LogP contribution is -2.09. The maximum Gasteiger partial charge on any atom is 0.160 e. The lowest BCUT2D eigenvalue weighted by Gasteiger charge is -2.24. The van der Waals surface area contributed by atoms with Crippen LogP contribution in [0.15, 0.2) is 108 Å². The quantitative estimate of drug-likeness (QED) is 0.200. The molecule has 8 aromatic rings. The Bertz CT molecular complexity index is 2480. The summed E-state index contributed by atoms with van der Waals surface area (Å²) >= 11 is 0. The van der Waals surface area contributed by atoms with Crippen LogP contribution in [0.2, 0.25) is 0 Å². The average Bonchev–Trinajstić information content (AvgIpc) is 3.64. The maximum absolute atomic E-state index is 7.83. The molecule has 0 aliphatic carbocycles. The molecule has 8 rings (SSSR count). The topological polar surface area (TPSA) is 56.7 Å². The first-order chi connectivity index (χ1) is 23.1. The van der Waals surface area contributed by atoms with Gasteiger partial charge in [-0.1, -0.05) is 76.2 Å². The van der Waals surface area contributed by atoms with E-state index < -0.39 is 6.85 Å². The lowest BCUT2D eigenvalue weighted by atomic mass is 9.88. The molecule has 4 aromatic heterocycles. The molecule has 4 heterocycles. The van der Waals surface area contributed by atoms with Gasteiger partial charge in [0.1, 0.15) is 16.9 Å². The highest BCUT2D eigenvalue weighted by Crippen LogP contribution is 2.42. The van der Waals surface area contributed by atoms with Crippen molar-refractivity contribution in [2.45, 2.75) is 46.4 Å². The Balaban J connectivity index is 1.42. The molecule has 5 heteroatoms. The van der Waals surface area contributed by atoms with Gasteiger partial charge in [-0.2, -0.15) is 0 Å². The Morgan fingerprint density at radius 3 is 2.22 bits per heavy atom. The number of nitrogens with zero attached hydrogens (tertiary/aromatic N) is 4. The van der Waals surface area contributed by atoms with E-state index in [9.17, 15) is 0 Å². The number of aromatic nitrogens is 4. The molecule has 4 aromatic carbocycles. The van der Waals surface area contributed by atoms with Crippen molar-refractivity contribution in [1.29, 1.82) is 0 Å². The molecule has 0 radical (unpaired) electrons. The molecule has 5 nitrogen and oxygen atoms in total. The Labute approximate surface area is 266 Å². The SMILES string of the molecule is [2H]C([2H])([2H])c1ccc2cc3oc4c(-c5nc6ccccc6n5-c5c(C(C)C)cc(-c6ccccc6)cc5C(C)C)cccc4c3nc2n1. The molecule has 0 aliphatic rings. The molecule has 0 spiro atoms. The number of imidazole rings is 1. The standard InChI is InChI=1S/C40H34N4O/c1-23(2)31-20-28(26-12-7-6-8-13-26)21-32(24(3)4)37(31)44-34-17-10-9-16-33(34)42-40(44)30-15-11-14-29-36-35(45-38(29)30)22-27-19-18-25(5)41-39(27)43-36/h6-24H,1-5H3/i5D3. The molecule has 0 bridgehead atoms. The first-order valence-electron chi connectivity index (χ1n) is 16.9. The molecule has 0 amide bonds. The molecule has 220 valence electrons. The van der Waals surface area contributed by atoms with Crippen LogP contribution < -0.4 is 0 Å². The van der Waals surface area contributed by atoms with E-state index in [4.69, 9.17) is 18.5 Å². The van der Waals surface area contributed by atoms with E-state index in [1.807, 2.05) is 24.3 Å². The first-order valence-corrected chi connectivity index (χ1v) is 15.4. The summed E-state index contributed by atoms with van der Waals surface area (Å²) in [5.41, 5.74) is 11.1. The number of hydrogen-bond donors (Lipinski definition) is 0. The largest absolute Gasteiger partial charge is 0.454 e. The fourth-order valence-corrected chi connectivity index (χ4v) is 6.47. The van der Waals surface area contributed by atoms with Gasteiger partial charge in [0.2, 0.25) is 0 Å². The third-order valence-corrected chi connectivity index (χ3v) is 8.67. The van der Waals surface area contributed by atoms with E-state index in [0.717, 1.165) is 33.5 Å². The summed E-state index contributed by atoms with van der Waals surface area (Å²) < 4.78 is 32.4. The molecule has 0 saturated carbocycles. The molecule has 0 saturated heterocycles. The predicted octanol–water partition coefficient (Wildman–Crippen LogP) is 10.8. The van der Waals surface area contributed by atoms with Gasteiger partial charge in [-0.15, -0.1) is 0 Å². The number of rotatable bonds is 5. The van der Waals surface area contributed by atoms with Gasteiger partial charge in [-0.25, -0.2) is 15.0 Å². The zero-order chi connectivity index (χ0) is 33.3. The number of furan rings is 1. The second kappa shape index (κ2) is 10.4. The molecule has 0 unspecified atom stereocenters. The summed E-state index contributed by atoms with van der Waals surface area (Å²) in [5, 5.41) is 1.53. The second-order valence-electron chi connectivity index (χ2n) is 12.3. The molecule has 0 N–H and O–H groups in total. The zero-order valence-corrected chi connectivity index (χ0v) is 25.7. The minimum Gasteiger partial charge on any atom is -0.454 e. The van der Waals surface area contributed by atoms with Crippen LogP contribution in [0.1, 0.15) is 60.5 Å². The highest BCUT2D eigenvalue weighted by Gasteiger charge is 2.25. The molecular weight excluding hydrogens is 552 g/mol. The molecule has 0 atom stereocenters. The van der Waals surface area contributed by atoms with Crippen molar-refractivity contribution >= 4 is 44.1 Å². The van der Waals surface area contributed by atoms with E-state index in [1.165, 1.54) is 28.3 Å². The van der Waals surface area contributed by atoms with Crippen molar-refractivity contribution < 1.29 is 8.53 Å². The Morgan fingerprint density at radius 2 is 1.47 bits per heavy atom. The number of aryl methyl sites for hydroxylation is 1. The van der Waals surface area contributed by atoms with E-state index >= 15 is 0 Å². The third kappa shape index (κ3) is 4.41. The van der Waals surface area contributed by atoms with Crippen molar-refractivity contribution in [2.75, 3.05) is 0 Å². The van der Waals surface area contributed by atoms with Crippen molar-refractivity contribution in [1.82, 2.24) is 19.5 Å². The van der Waals surface area contributed by atoms with Gasteiger partial charge in [-0.3, -0.25) is 4.57 Å². The Hall–Kier alpha value is -5.29.